The first-order valence-electron chi connectivity index (χ1n) is 13.5. The average Bonchev–Trinajstić information content (AvgIpc) is 3.09. The molecule has 0 bridgehead atoms. The van der Waals surface area contributed by atoms with Gasteiger partial charge in [-0.1, -0.05) is 13.8 Å². The third-order valence-electron chi connectivity index (χ3n) is 10.9. The average molecular weight is 471 g/mol. The molecule has 6 heteroatoms. The van der Waals surface area contributed by atoms with Gasteiger partial charge in [-0.05, 0) is 81.0 Å². The Morgan fingerprint density at radius 2 is 1.94 bits per heavy atom. The van der Waals surface area contributed by atoms with Crippen LogP contribution in [0.3, 0.4) is 0 Å². The summed E-state index contributed by atoms with van der Waals surface area (Å²) in [6, 6.07) is 2.11. The number of ether oxygens (including phenoxy) is 1. The molecule has 0 aromatic heterocycles. The fourth-order valence-corrected chi connectivity index (χ4v) is 9.53. The molecule has 1 saturated heterocycles. The molecule has 34 heavy (non-hydrogen) atoms. The van der Waals surface area contributed by atoms with Gasteiger partial charge in [-0.3, -0.25) is 14.5 Å². The molecule has 5 fully saturated rings. The molecule has 188 valence electrons. The van der Waals surface area contributed by atoms with E-state index in [-0.39, 0.29) is 52.6 Å². The van der Waals surface area contributed by atoms with Crippen LogP contribution in [0.4, 0.5) is 0 Å². The fraction of sp³-hybridized carbons (Fsp3) is 0.893. The van der Waals surface area contributed by atoms with Crippen LogP contribution >= 0.6 is 0 Å². The maximum Gasteiger partial charge on any atom is 0.150 e. The van der Waals surface area contributed by atoms with Gasteiger partial charge in [0.05, 0.1) is 30.8 Å². The Morgan fingerprint density at radius 3 is 2.65 bits per heavy atom. The van der Waals surface area contributed by atoms with Gasteiger partial charge in [-0.15, -0.1) is 0 Å². The van der Waals surface area contributed by atoms with Crippen molar-refractivity contribution >= 4 is 11.6 Å². The van der Waals surface area contributed by atoms with Crippen molar-refractivity contribution in [1.82, 2.24) is 4.90 Å². The van der Waals surface area contributed by atoms with E-state index in [1.54, 1.807) is 0 Å². The summed E-state index contributed by atoms with van der Waals surface area (Å²) in [5.41, 5.74) is -0.623. The molecular formula is C28H42N2O4. The quantitative estimate of drug-likeness (QED) is 0.675. The molecule has 4 aliphatic carbocycles. The number of nitrogens with zero attached hydrogens (tertiary/aromatic N) is 2. The maximum absolute atomic E-state index is 14.0. The summed E-state index contributed by atoms with van der Waals surface area (Å²) in [6.07, 6.45) is 5.63. The lowest BCUT2D eigenvalue weighted by Crippen LogP contribution is -2.64. The SMILES string of the molecule is CC1(C)CN(C2C[C@@]3(C)C(CC[C@H]4[C@@H]5CC[C@H](C(=O)CC#N)[C@@]5(C)CC(=O)[C@@H]43)CC2O)CCO1. The van der Waals surface area contributed by atoms with Crippen LogP contribution in [-0.4, -0.2) is 59.0 Å². The van der Waals surface area contributed by atoms with Crippen molar-refractivity contribution in [3.63, 3.8) is 0 Å². The van der Waals surface area contributed by atoms with Crippen molar-refractivity contribution < 1.29 is 19.4 Å². The normalized spacial score (nSPS) is 48.4. The van der Waals surface area contributed by atoms with Crippen molar-refractivity contribution in [3.8, 4) is 6.07 Å². The van der Waals surface area contributed by atoms with Crippen LogP contribution in [0.25, 0.3) is 0 Å². The molecule has 1 heterocycles. The molecule has 9 atom stereocenters. The number of fused-ring (bicyclic) bond motifs is 5. The number of hydrogen-bond donors (Lipinski definition) is 1. The second kappa shape index (κ2) is 8.39. The third-order valence-corrected chi connectivity index (χ3v) is 10.9. The molecule has 5 aliphatic rings. The second-order valence-electron chi connectivity index (χ2n) is 13.3. The Bertz CT molecular complexity index is 895. The lowest BCUT2D eigenvalue weighted by Gasteiger charge is -2.62. The Kier molecular flexibility index (Phi) is 6.02. The monoisotopic (exact) mass is 470 g/mol. The number of carbonyl (C=O) groups excluding carboxylic acids is 2. The van der Waals surface area contributed by atoms with Crippen molar-refractivity contribution in [3.05, 3.63) is 0 Å². The molecular weight excluding hydrogens is 428 g/mol. The number of morpholine rings is 1. The van der Waals surface area contributed by atoms with Crippen LogP contribution in [0.1, 0.15) is 79.1 Å². The summed E-state index contributed by atoms with van der Waals surface area (Å²) < 4.78 is 5.94. The topological polar surface area (TPSA) is 90.6 Å². The van der Waals surface area contributed by atoms with Crippen LogP contribution in [-0.2, 0) is 14.3 Å². The third kappa shape index (κ3) is 3.69. The number of rotatable bonds is 3. The Labute approximate surface area is 204 Å². The van der Waals surface area contributed by atoms with Crippen molar-refractivity contribution in [2.75, 3.05) is 19.7 Å². The smallest absolute Gasteiger partial charge is 0.150 e. The summed E-state index contributed by atoms with van der Waals surface area (Å²) in [5, 5.41) is 20.3. The number of hydrogen-bond acceptors (Lipinski definition) is 6. The zero-order chi connectivity index (χ0) is 24.5. The highest BCUT2D eigenvalue weighted by atomic mass is 16.5. The molecule has 0 amide bonds. The number of ketones is 2. The van der Waals surface area contributed by atoms with Crippen LogP contribution in [0.15, 0.2) is 0 Å². The molecule has 4 saturated carbocycles. The summed E-state index contributed by atoms with van der Waals surface area (Å²) >= 11 is 0. The van der Waals surface area contributed by atoms with Gasteiger partial charge in [-0.2, -0.15) is 5.26 Å². The van der Waals surface area contributed by atoms with E-state index in [1.165, 1.54) is 0 Å². The summed E-state index contributed by atoms with van der Waals surface area (Å²) in [7, 11) is 0. The van der Waals surface area contributed by atoms with Gasteiger partial charge in [0.15, 0.2) is 5.78 Å². The minimum Gasteiger partial charge on any atom is -0.391 e. The number of carbonyl (C=O) groups is 2. The van der Waals surface area contributed by atoms with Crippen molar-refractivity contribution in [2.24, 2.45) is 40.4 Å². The first-order chi connectivity index (χ1) is 16.0. The highest BCUT2D eigenvalue weighted by molar-refractivity contribution is 5.88. The van der Waals surface area contributed by atoms with E-state index >= 15 is 0 Å². The molecule has 3 unspecified atom stereocenters. The zero-order valence-electron chi connectivity index (χ0n) is 21.4. The molecule has 6 nitrogen and oxygen atoms in total. The van der Waals surface area contributed by atoms with Crippen LogP contribution in [0, 0.1) is 51.8 Å². The Hall–Kier alpha value is -1.29. The molecule has 0 spiro atoms. The predicted molar refractivity (Wildman–Crippen MR) is 128 cm³/mol. The zero-order valence-corrected chi connectivity index (χ0v) is 21.4. The van der Waals surface area contributed by atoms with E-state index < -0.39 is 0 Å². The van der Waals surface area contributed by atoms with Gasteiger partial charge in [0.25, 0.3) is 0 Å². The second-order valence-corrected chi connectivity index (χ2v) is 13.3. The molecule has 0 radical (unpaired) electrons. The fourth-order valence-electron chi connectivity index (χ4n) is 9.53. The Morgan fingerprint density at radius 1 is 1.18 bits per heavy atom. The molecule has 1 aliphatic heterocycles. The van der Waals surface area contributed by atoms with Gasteiger partial charge in [-0.25, -0.2) is 0 Å². The molecule has 0 aromatic carbocycles. The van der Waals surface area contributed by atoms with Gasteiger partial charge in [0.2, 0.25) is 0 Å². The molecule has 0 aromatic rings. The van der Waals surface area contributed by atoms with Crippen LogP contribution < -0.4 is 0 Å². The standard InChI is InChI=1S/C28H42N2O4/c1-26(2)16-30(11-12-34-26)21-14-27(3)17(13-23(21)32)5-6-18-19-7-8-20(22(31)9-10-29)28(19,4)15-24(33)25(18)27/h17-21,23,25,32H,5-9,11-16H2,1-4H3/t17?,18-,19-,20+,21?,23?,25+,27-,28-/m0/s1. The van der Waals surface area contributed by atoms with Gasteiger partial charge >= 0.3 is 0 Å². The highest BCUT2D eigenvalue weighted by Gasteiger charge is 2.65. The van der Waals surface area contributed by atoms with Crippen LogP contribution in [0.2, 0.25) is 0 Å². The van der Waals surface area contributed by atoms with Gasteiger partial charge in [0, 0.05) is 37.4 Å². The first kappa shape index (κ1) is 24.4. The van der Waals surface area contributed by atoms with Gasteiger partial charge < -0.3 is 9.84 Å². The number of aliphatic hydroxyl groups excluding tert-OH is 1. The summed E-state index contributed by atoms with van der Waals surface area (Å²) in [6.45, 7) is 11.1. The minimum atomic E-state index is -0.355. The largest absolute Gasteiger partial charge is 0.391 e. The van der Waals surface area contributed by atoms with Crippen molar-refractivity contribution in [2.45, 2.75) is 96.8 Å². The minimum absolute atomic E-state index is 0.0261. The van der Waals surface area contributed by atoms with E-state index in [2.05, 4.69) is 32.6 Å². The number of Topliss-reactive ketones (excluding diaryl/α,β-unsaturated/α-hetero) is 2. The van der Waals surface area contributed by atoms with E-state index in [9.17, 15) is 14.7 Å². The highest BCUT2D eigenvalue weighted by Crippen LogP contribution is 2.66. The number of aliphatic hydroxyl groups is 1. The van der Waals surface area contributed by atoms with E-state index in [0.717, 1.165) is 51.6 Å². The van der Waals surface area contributed by atoms with Crippen molar-refractivity contribution in [1.29, 1.82) is 5.26 Å². The molecule has 5 rings (SSSR count). The number of nitriles is 1. The maximum atomic E-state index is 14.0. The predicted octanol–water partition coefficient (Wildman–Crippen LogP) is 3.76. The lowest BCUT2D eigenvalue weighted by atomic mass is 9.43. The van der Waals surface area contributed by atoms with E-state index in [0.29, 0.717) is 36.6 Å². The lowest BCUT2D eigenvalue weighted by molar-refractivity contribution is -0.177. The first-order valence-corrected chi connectivity index (χ1v) is 13.5. The Balaban J connectivity index is 1.42. The summed E-state index contributed by atoms with van der Waals surface area (Å²) in [5.74, 6) is 1.33. The van der Waals surface area contributed by atoms with Crippen LogP contribution in [0.5, 0.6) is 0 Å². The van der Waals surface area contributed by atoms with Gasteiger partial charge in [0.1, 0.15) is 5.78 Å². The van der Waals surface area contributed by atoms with E-state index in [1.807, 2.05) is 6.07 Å². The molecule has 1 N–H and O–H groups in total. The summed E-state index contributed by atoms with van der Waals surface area (Å²) in [4.78, 5) is 29.2. The van der Waals surface area contributed by atoms with E-state index in [4.69, 9.17) is 10.00 Å².